The number of hydrogen-bond donors (Lipinski definition) is 2. The second-order valence-corrected chi connectivity index (χ2v) is 4.88. The Morgan fingerprint density at radius 1 is 1.41 bits per heavy atom. The lowest BCUT2D eigenvalue weighted by molar-refractivity contribution is -0.121. The van der Waals surface area contributed by atoms with E-state index in [1.165, 1.54) is 6.21 Å². The maximum atomic E-state index is 11.8. The highest BCUT2D eigenvalue weighted by Gasteiger charge is 2.22. The molecule has 8 nitrogen and oxygen atoms in total. The lowest BCUT2D eigenvalue weighted by atomic mass is 10.2. The Morgan fingerprint density at radius 2 is 2.27 bits per heavy atom. The van der Waals surface area contributed by atoms with E-state index in [0.29, 0.717) is 6.54 Å². The zero-order valence-electron chi connectivity index (χ0n) is 11.9. The summed E-state index contributed by atoms with van der Waals surface area (Å²) in [6, 6.07) is 2.56. The zero-order chi connectivity index (χ0) is 15.5. The molecule has 22 heavy (non-hydrogen) atoms. The van der Waals surface area contributed by atoms with Gasteiger partial charge in [0.1, 0.15) is 6.04 Å². The van der Waals surface area contributed by atoms with Crippen molar-refractivity contribution in [3.8, 4) is 11.3 Å². The van der Waals surface area contributed by atoms with Crippen molar-refractivity contribution in [3.05, 3.63) is 36.3 Å². The average Bonchev–Trinajstić information content (AvgIpc) is 3.14. The van der Waals surface area contributed by atoms with Crippen LogP contribution in [0.4, 0.5) is 4.79 Å². The quantitative estimate of drug-likeness (QED) is 0.845. The number of aryl methyl sites for hydroxylation is 1. The zero-order valence-corrected chi connectivity index (χ0v) is 11.9. The number of carbonyl (C=O) groups excluding carboxylic acids is 2. The molecule has 8 heteroatoms. The van der Waals surface area contributed by atoms with Crippen LogP contribution in [0.25, 0.3) is 11.3 Å². The highest BCUT2D eigenvalue weighted by atomic mass is 16.2. The minimum atomic E-state index is -0.699. The van der Waals surface area contributed by atoms with Gasteiger partial charge in [0.05, 0.1) is 11.9 Å². The summed E-state index contributed by atoms with van der Waals surface area (Å²) in [5, 5.41) is 9.25. The SMILES string of the molecule is Cn1cc(-c2ccc(CNC(=O)C3C=NC(=O)N3)cn2)cn1. The molecule has 0 spiro atoms. The van der Waals surface area contributed by atoms with Crippen LogP contribution >= 0.6 is 0 Å². The third-order valence-electron chi connectivity index (χ3n) is 3.19. The van der Waals surface area contributed by atoms with Gasteiger partial charge in [-0.3, -0.25) is 14.5 Å². The fourth-order valence-corrected chi connectivity index (χ4v) is 2.04. The lowest BCUT2D eigenvalue weighted by Crippen LogP contribution is -2.43. The molecule has 0 aromatic carbocycles. The first kappa shape index (κ1) is 13.9. The Kier molecular flexibility index (Phi) is 3.65. The monoisotopic (exact) mass is 298 g/mol. The first-order valence-electron chi connectivity index (χ1n) is 6.68. The minimum Gasteiger partial charge on any atom is -0.350 e. The van der Waals surface area contributed by atoms with E-state index >= 15 is 0 Å². The number of urea groups is 1. The predicted molar refractivity (Wildman–Crippen MR) is 79.1 cm³/mol. The predicted octanol–water partition coefficient (Wildman–Crippen LogP) is 0.261. The average molecular weight is 298 g/mol. The number of aromatic nitrogens is 3. The van der Waals surface area contributed by atoms with Gasteiger partial charge in [-0.15, -0.1) is 0 Å². The van der Waals surface area contributed by atoms with E-state index in [9.17, 15) is 9.59 Å². The molecule has 1 aliphatic rings. The molecule has 0 saturated carbocycles. The van der Waals surface area contributed by atoms with E-state index in [1.807, 2.05) is 25.4 Å². The van der Waals surface area contributed by atoms with Gasteiger partial charge in [-0.05, 0) is 11.6 Å². The second-order valence-electron chi connectivity index (χ2n) is 4.88. The van der Waals surface area contributed by atoms with Gasteiger partial charge in [0.15, 0.2) is 0 Å². The van der Waals surface area contributed by atoms with Gasteiger partial charge < -0.3 is 10.6 Å². The second kappa shape index (κ2) is 5.76. The van der Waals surface area contributed by atoms with E-state index in [1.54, 1.807) is 17.1 Å². The molecule has 3 amide bonds. The number of nitrogens with zero attached hydrogens (tertiary/aromatic N) is 4. The summed E-state index contributed by atoms with van der Waals surface area (Å²) in [6.07, 6.45) is 6.61. The normalized spacial score (nSPS) is 16.6. The Bertz CT molecular complexity index is 734. The third-order valence-corrected chi connectivity index (χ3v) is 3.19. The van der Waals surface area contributed by atoms with Gasteiger partial charge in [0.25, 0.3) is 0 Å². The van der Waals surface area contributed by atoms with Crippen LogP contribution in [0.1, 0.15) is 5.56 Å². The van der Waals surface area contributed by atoms with E-state index < -0.39 is 12.1 Å². The Morgan fingerprint density at radius 3 is 2.86 bits per heavy atom. The van der Waals surface area contributed by atoms with Gasteiger partial charge in [0.2, 0.25) is 5.91 Å². The molecule has 0 fully saturated rings. The first-order chi connectivity index (χ1) is 10.6. The van der Waals surface area contributed by atoms with Crippen LogP contribution < -0.4 is 10.6 Å². The summed E-state index contributed by atoms with van der Waals surface area (Å²) in [4.78, 5) is 30.5. The molecule has 1 unspecified atom stereocenters. The van der Waals surface area contributed by atoms with E-state index in [2.05, 4.69) is 25.7 Å². The van der Waals surface area contributed by atoms with Gasteiger partial charge in [0, 0.05) is 37.8 Å². The topological polar surface area (TPSA) is 101 Å². The standard InChI is InChI=1S/C14H14N6O2/c1-20-8-10(6-18-20)11-3-2-9(4-15-11)5-16-13(21)12-7-17-14(22)19-12/h2-4,6-8,12H,5H2,1H3,(H,16,21)(H,19,22). The minimum absolute atomic E-state index is 0.300. The summed E-state index contributed by atoms with van der Waals surface area (Å²) >= 11 is 0. The molecule has 0 bridgehead atoms. The third kappa shape index (κ3) is 3.00. The largest absolute Gasteiger partial charge is 0.350 e. The number of nitrogens with one attached hydrogen (secondary N) is 2. The van der Waals surface area contributed by atoms with Crippen molar-refractivity contribution in [3.63, 3.8) is 0 Å². The molecule has 1 aliphatic heterocycles. The van der Waals surface area contributed by atoms with Gasteiger partial charge >= 0.3 is 6.03 Å². The van der Waals surface area contributed by atoms with E-state index in [4.69, 9.17) is 0 Å². The van der Waals surface area contributed by atoms with Crippen molar-refractivity contribution in [2.75, 3.05) is 0 Å². The molecule has 0 radical (unpaired) electrons. The Balaban J connectivity index is 1.58. The molecule has 112 valence electrons. The summed E-state index contributed by atoms with van der Waals surface area (Å²) in [5.41, 5.74) is 2.61. The van der Waals surface area contributed by atoms with Gasteiger partial charge in [-0.2, -0.15) is 5.10 Å². The molecule has 1 atom stereocenters. The molecule has 0 aliphatic carbocycles. The van der Waals surface area contributed by atoms with Gasteiger partial charge in [-0.25, -0.2) is 9.79 Å². The van der Waals surface area contributed by atoms with Crippen LogP contribution in [0.15, 0.2) is 35.7 Å². The van der Waals surface area contributed by atoms with Crippen LogP contribution in [0.5, 0.6) is 0 Å². The van der Waals surface area contributed by atoms with Crippen molar-refractivity contribution >= 4 is 18.2 Å². The maximum absolute atomic E-state index is 11.8. The molecule has 2 aromatic rings. The van der Waals surface area contributed by atoms with E-state index in [-0.39, 0.29) is 5.91 Å². The molecule has 0 saturated heterocycles. The summed E-state index contributed by atoms with van der Waals surface area (Å²) in [5.74, 6) is -0.300. The smallest absolute Gasteiger partial charge is 0.341 e. The number of amides is 3. The number of carbonyl (C=O) groups is 2. The molecule has 3 rings (SSSR count). The van der Waals surface area contributed by atoms with Crippen molar-refractivity contribution in [2.45, 2.75) is 12.6 Å². The van der Waals surface area contributed by atoms with Crippen LogP contribution in [0.2, 0.25) is 0 Å². The number of rotatable bonds is 4. The van der Waals surface area contributed by atoms with Crippen LogP contribution in [0, 0.1) is 0 Å². The lowest BCUT2D eigenvalue weighted by Gasteiger charge is -2.09. The number of aliphatic imine (C=N–C) groups is 1. The Hall–Kier alpha value is -3.03. The van der Waals surface area contributed by atoms with Crippen molar-refractivity contribution in [1.29, 1.82) is 0 Å². The summed E-state index contributed by atoms with van der Waals surface area (Å²) in [6.45, 7) is 0.333. The van der Waals surface area contributed by atoms with Crippen LogP contribution in [-0.4, -0.2) is 39.0 Å². The summed E-state index contributed by atoms with van der Waals surface area (Å²) in [7, 11) is 1.85. The highest BCUT2D eigenvalue weighted by molar-refractivity contribution is 6.07. The molecule has 3 heterocycles. The first-order valence-corrected chi connectivity index (χ1v) is 6.68. The molecule has 2 aromatic heterocycles. The fraction of sp³-hybridized carbons (Fsp3) is 0.214. The highest BCUT2D eigenvalue weighted by Crippen LogP contribution is 2.15. The van der Waals surface area contributed by atoms with Gasteiger partial charge in [-0.1, -0.05) is 6.07 Å². The molecular formula is C14H14N6O2. The van der Waals surface area contributed by atoms with Crippen molar-refractivity contribution in [2.24, 2.45) is 12.0 Å². The van der Waals surface area contributed by atoms with Crippen molar-refractivity contribution < 1.29 is 9.59 Å². The molecular weight excluding hydrogens is 284 g/mol. The number of hydrogen-bond acceptors (Lipinski definition) is 4. The summed E-state index contributed by atoms with van der Waals surface area (Å²) < 4.78 is 1.71. The molecule has 2 N–H and O–H groups in total. The van der Waals surface area contributed by atoms with Crippen LogP contribution in [0.3, 0.4) is 0 Å². The Labute approximate surface area is 126 Å². The maximum Gasteiger partial charge on any atom is 0.341 e. The van der Waals surface area contributed by atoms with E-state index in [0.717, 1.165) is 16.8 Å². The fourth-order valence-electron chi connectivity index (χ4n) is 2.04. The van der Waals surface area contributed by atoms with Crippen LogP contribution in [-0.2, 0) is 18.4 Å². The number of pyridine rings is 1. The van der Waals surface area contributed by atoms with Crippen molar-refractivity contribution in [1.82, 2.24) is 25.4 Å².